The Morgan fingerprint density at radius 1 is 1.44 bits per heavy atom. The van der Waals surface area contributed by atoms with Gasteiger partial charge in [0.25, 0.3) is 0 Å². The van der Waals surface area contributed by atoms with Crippen molar-refractivity contribution in [3.63, 3.8) is 0 Å². The van der Waals surface area contributed by atoms with Crippen LogP contribution in [0.15, 0.2) is 0 Å². The molecule has 0 heterocycles. The normalized spacial score (nSPS) is 10.1. The van der Waals surface area contributed by atoms with Gasteiger partial charge in [0.2, 0.25) is 0 Å². The second kappa shape index (κ2) is 4.07. The zero-order chi connectivity index (χ0) is 6.78. The van der Waals surface area contributed by atoms with Gasteiger partial charge in [-0.05, 0) is 5.41 Å². The molecule has 0 unspecified atom stereocenters. The summed E-state index contributed by atoms with van der Waals surface area (Å²) >= 11 is 0. The summed E-state index contributed by atoms with van der Waals surface area (Å²) < 4.78 is 0. The second-order valence-electron chi connectivity index (χ2n) is 3.13. The van der Waals surface area contributed by atoms with E-state index in [0.717, 1.165) is 0 Å². The van der Waals surface area contributed by atoms with Crippen molar-refractivity contribution in [1.29, 1.82) is 0 Å². The SMILES string of the molecule is CC(C)(C)CC(=O)O.[Ti]. The van der Waals surface area contributed by atoms with E-state index in [-0.39, 0.29) is 33.6 Å². The molecule has 2 nitrogen and oxygen atoms in total. The molecule has 0 aromatic rings. The Morgan fingerprint density at radius 2 is 1.78 bits per heavy atom. The van der Waals surface area contributed by atoms with Gasteiger partial charge in [-0.15, -0.1) is 0 Å². The summed E-state index contributed by atoms with van der Waals surface area (Å²) in [6.45, 7) is 5.71. The van der Waals surface area contributed by atoms with Crippen molar-refractivity contribution in [2.24, 2.45) is 5.41 Å². The third-order valence-corrected chi connectivity index (χ3v) is 0.682. The Kier molecular flexibility index (Phi) is 5.39. The summed E-state index contributed by atoms with van der Waals surface area (Å²) in [6.07, 6.45) is 0.243. The molecule has 0 bridgehead atoms. The topological polar surface area (TPSA) is 37.3 Å². The number of aliphatic carboxylic acids is 1. The van der Waals surface area contributed by atoms with E-state index in [0.29, 0.717) is 0 Å². The van der Waals surface area contributed by atoms with Crippen LogP contribution in [0, 0.1) is 5.41 Å². The quantitative estimate of drug-likeness (QED) is 0.596. The Morgan fingerprint density at radius 3 is 1.78 bits per heavy atom. The van der Waals surface area contributed by atoms with Crippen LogP contribution in [0.25, 0.3) is 0 Å². The predicted molar refractivity (Wildman–Crippen MR) is 31.7 cm³/mol. The molecule has 52 valence electrons. The van der Waals surface area contributed by atoms with Crippen LogP contribution in [-0.2, 0) is 26.5 Å². The van der Waals surface area contributed by atoms with Crippen LogP contribution in [0.3, 0.4) is 0 Å². The third kappa shape index (κ3) is 11.6. The van der Waals surface area contributed by atoms with Crippen LogP contribution >= 0.6 is 0 Å². The zero-order valence-electron chi connectivity index (χ0n) is 6.06. The molecule has 9 heavy (non-hydrogen) atoms. The molecular weight excluding hydrogens is 152 g/mol. The maximum Gasteiger partial charge on any atom is 0.303 e. The van der Waals surface area contributed by atoms with E-state index in [2.05, 4.69) is 0 Å². The average molecular weight is 164 g/mol. The van der Waals surface area contributed by atoms with Crippen molar-refractivity contribution in [2.45, 2.75) is 27.2 Å². The Labute approximate surface area is 70.5 Å². The van der Waals surface area contributed by atoms with Crippen LogP contribution in [0.4, 0.5) is 0 Å². The van der Waals surface area contributed by atoms with Gasteiger partial charge in [0.05, 0.1) is 6.42 Å². The van der Waals surface area contributed by atoms with Crippen LogP contribution in [0.1, 0.15) is 27.2 Å². The van der Waals surface area contributed by atoms with Gasteiger partial charge in [-0.3, -0.25) is 4.79 Å². The second-order valence-corrected chi connectivity index (χ2v) is 3.13. The van der Waals surface area contributed by atoms with Crippen molar-refractivity contribution >= 4 is 5.97 Å². The summed E-state index contributed by atoms with van der Waals surface area (Å²) in [5.41, 5.74) is -0.0775. The smallest absolute Gasteiger partial charge is 0.303 e. The van der Waals surface area contributed by atoms with Crippen LogP contribution in [-0.4, -0.2) is 11.1 Å². The molecule has 0 rings (SSSR count). The monoisotopic (exact) mass is 164 g/mol. The van der Waals surface area contributed by atoms with E-state index in [1.54, 1.807) is 0 Å². The number of hydrogen-bond acceptors (Lipinski definition) is 1. The Balaban J connectivity index is 0. The summed E-state index contributed by atoms with van der Waals surface area (Å²) in [5, 5.41) is 8.25. The molecular formula is C6H12O2Ti. The molecule has 0 fully saturated rings. The van der Waals surface area contributed by atoms with Gasteiger partial charge in [0, 0.05) is 21.7 Å². The fraction of sp³-hybridized carbons (Fsp3) is 0.833. The van der Waals surface area contributed by atoms with Gasteiger partial charge < -0.3 is 5.11 Å². The van der Waals surface area contributed by atoms with Gasteiger partial charge in [-0.2, -0.15) is 0 Å². The number of carbonyl (C=O) groups is 1. The molecule has 0 saturated carbocycles. The van der Waals surface area contributed by atoms with E-state index in [1.165, 1.54) is 0 Å². The van der Waals surface area contributed by atoms with Crippen molar-refractivity contribution in [3.05, 3.63) is 0 Å². The third-order valence-electron chi connectivity index (χ3n) is 0.682. The fourth-order valence-electron chi connectivity index (χ4n) is 0.454. The van der Waals surface area contributed by atoms with Crippen molar-refractivity contribution < 1.29 is 31.6 Å². The summed E-state index contributed by atoms with van der Waals surface area (Å²) in [7, 11) is 0. The molecule has 0 aromatic heterocycles. The van der Waals surface area contributed by atoms with Crippen LogP contribution in [0.5, 0.6) is 0 Å². The van der Waals surface area contributed by atoms with Crippen LogP contribution in [0.2, 0.25) is 0 Å². The van der Waals surface area contributed by atoms with E-state index < -0.39 is 5.97 Å². The van der Waals surface area contributed by atoms with Crippen molar-refractivity contribution in [3.8, 4) is 0 Å². The van der Waals surface area contributed by atoms with E-state index in [9.17, 15) is 4.79 Å². The Hall–Kier alpha value is 0.184. The van der Waals surface area contributed by atoms with E-state index in [4.69, 9.17) is 5.11 Å². The standard InChI is InChI=1S/C6H12O2.Ti/c1-6(2,3)4-5(7)8;/h4H2,1-3H3,(H,7,8);. The average Bonchev–Trinajstić information content (AvgIpc) is 1.21. The van der Waals surface area contributed by atoms with Gasteiger partial charge in [-0.1, -0.05) is 20.8 Å². The fourth-order valence-corrected chi connectivity index (χ4v) is 0.454. The maximum atomic E-state index is 10.0. The molecule has 0 radical (unpaired) electrons. The first-order chi connectivity index (χ1) is 3.42. The number of hydrogen-bond donors (Lipinski definition) is 1. The largest absolute Gasteiger partial charge is 0.481 e. The first-order valence-corrected chi connectivity index (χ1v) is 2.63. The first-order valence-electron chi connectivity index (χ1n) is 2.63. The summed E-state index contributed by atoms with van der Waals surface area (Å²) in [6, 6.07) is 0. The molecule has 0 aliphatic carbocycles. The predicted octanol–water partition coefficient (Wildman–Crippen LogP) is 1.50. The zero-order valence-corrected chi connectivity index (χ0v) is 7.62. The summed E-state index contributed by atoms with van der Waals surface area (Å²) in [4.78, 5) is 10.0. The maximum absolute atomic E-state index is 10.0. The Bertz CT molecular complexity index is 93.7. The molecule has 1 N–H and O–H groups in total. The molecule has 0 spiro atoms. The minimum Gasteiger partial charge on any atom is -0.481 e. The van der Waals surface area contributed by atoms with Gasteiger partial charge in [0.1, 0.15) is 0 Å². The molecule has 0 aromatic carbocycles. The molecule has 0 saturated heterocycles. The minimum absolute atomic E-state index is 0. The molecule has 0 aliphatic heterocycles. The van der Waals surface area contributed by atoms with Crippen LogP contribution < -0.4 is 0 Å². The van der Waals surface area contributed by atoms with E-state index >= 15 is 0 Å². The molecule has 0 amide bonds. The number of carboxylic acids is 1. The first kappa shape index (κ1) is 11.9. The van der Waals surface area contributed by atoms with Gasteiger partial charge in [-0.25, -0.2) is 0 Å². The van der Waals surface area contributed by atoms with Gasteiger partial charge in [0.15, 0.2) is 0 Å². The summed E-state index contributed by atoms with van der Waals surface area (Å²) in [5.74, 6) is -0.725. The van der Waals surface area contributed by atoms with Crippen molar-refractivity contribution in [2.75, 3.05) is 0 Å². The van der Waals surface area contributed by atoms with Gasteiger partial charge >= 0.3 is 5.97 Å². The van der Waals surface area contributed by atoms with Crippen molar-refractivity contribution in [1.82, 2.24) is 0 Å². The minimum atomic E-state index is -0.725. The molecule has 3 heteroatoms. The number of rotatable bonds is 1. The molecule has 0 aliphatic rings. The molecule has 0 atom stereocenters. The van der Waals surface area contributed by atoms with E-state index in [1.807, 2.05) is 20.8 Å². The number of carboxylic acid groups (broad SMARTS) is 1.